The Morgan fingerprint density at radius 3 is 2.81 bits per heavy atom. The van der Waals surface area contributed by atoms with Crippen LogP contribution in [0.4, 0.5) is 5.13 Å². The van der Waals surface area contributed by atoms with Crippen molar-refractivity contribution in [1.82, 2.24) is 19.7 Å². The van der Waals surface area contributed by atoms with Crippen LogP contribution in [-0.4, -0.2) is 37.3 Å². The summed E-state index contributed by atoms with van der Waals surface area (Å²) in [5.41, 5.74) is 2.17. The summed E-state index contributed by atoms with van der Waals surface area (Å²) >= 11 is 2.80. The van der Waals surface area contributed by atoms with Crippen LogP contribution in [0.5, 0.6) is 0 Å². The molecule has 1 aliphatic heterocycles. The van der Waals surface area contributed by atoms with Crippen LogP contribution in [0.2, 0.25) is 0 Å². The molecular formula is C18H17N5OS2. The smallest absolute Gasteiger partial charge is 0.266 e. The molecule has 1 aliphatic rings. The first-order valence-corrected chi connectivity index (χ1v) is 9.84. The number of benzene rings is 1. The van der Waals surface area contributed by atoms with Gasteiger partial charge < -0.3 is 4.57 Å². The van der Waals surface area contributed by atoms with Gasteiger partial charge in [0, 0.05) is 36.3 Å². The molecule has 0 unspecified atom stereocenters. The minimum Gasteiger partial charge on any atom is -0.350 e. The summed E-state index contributed by atoms with van der Waals surface area (Å²) in [6, 6.07) is 8.17. The lowest BCUT2D eigenvalue weighted by Crippen LogP contribution is -2.28. The predicted octanol–water partition coefficient (Wildman–Crippen LogP) is 3.96. The van der Waals surface area contributed by atoms with E-state index in [1.807, 2.05) is 45.3 Å². The molecule has 3 aromatic rings. The van der Waals surface area contributed by atoms with E-state index in [1.165, 1.54) is 23.1 Å². The first kappa shape index (κ1) is 17.0. The van der Waals surface area contributed by atoms with Crippen LogP contribution in [0.1, 0.15) is 17.5 Å². The number of carbonyl (C=O) groups is 1. The van der Waals surface area contributed by atoms with Crippen molar-refractivity contribution in [2.45, 2.75) is 13.8 Å². The fourth-order valence-electron chi connectivity index (χ4n) is 2.91. The van der Waals surface area contributed by atoms with Gasteiger partial charge in [-0.25, -0.2) is 0 Å². The third-order valence-electron chi connectivity index (χ3n) is 4.13. The van der Waals surface area contributed by atoms with Crippen molar-refractivity contribution >= 4 is 56.3 Å². The van der Waals surface area contributed by atoms with Crippen LogP contribution in [0.15, 0.2) is 40.4 Å². The third kappa shape index (κ3) is 2.95. The highest BCUT2D eigenvalue weighted by Gasteiger charge is 2.32. The van der Waals surface area contributed by atoms with E-state index >= 15 is 0 Å². The van der Waals surface area contributed by atoms with Crippen molar-refractivity contribution in [3.8, 4) is 0 Å². The number of para-hydroxylation sites is 1. The van der Waals surface area contributed by atoms with Crippen LogP contribution >= 0.6 is 23.1 Å². The summed E-state index contributed by atoms with van der Waals surface area (Å²) in [5, 5.41) is 11.2. The van der Waals surface area contributed by atoms with E-state index in [1.54, 1.807) is 4.90 Å². The second-order valence-electron chi connectivity index (χ2n) is 5.87. The molecule has 26 heavy (non-hydrogen) atoms. The average Bonchev–Trinajstić information content (AvgIpc) is 3.27. The summed E-state index contributed by atoms with van der Waals surface area (Å²) in [7, 11) is 2.01. The standard InChI is InChI=1S/C18H17N5OS2/c1-4-23-16(24)15(26-18(23)19-17-21-20-11(2)25-17)9-12-10-22(3)14-8-6-5-7-13(12)14/h5-10H,4H2,1-3H3/b15-9-,19-18+. The second-order valence-corrected chi connectivity index (χ2v) is 8.04. The van der Waals surface area contributed by atoms with Crippen molar-refractivity contribution in [2.75, 3.05) is 6.54 Å². The van der Waals surface area contributed by atoms with Gasteiger partial charge in [0.1, 0.15) is 5.01 Å². The summed E-state index contributed by atoms with van der Waals surface area (Å²) in [6.07, 6.45) is 4.00. The summed E-state index contributed by atoms with van der Waals surface area (Å²) in [5.74, 6) is -0.0228. The zero-order valence-electron chi connectivity index (χ0n) is 14.6. The Labute approximate surface area is 159 Å². The molecule has 2 aromatic heterocycles. The van der Waals surface area contributed by atoms with Gasteiger partial charge in [-0.1, -0.05) is 29.5 Å². The molecule has 1 saturated heterocycles. The molecule has 6 nitrogen and oxygen atoms in total. The number of thioether (sulfide) groups is 1. The molecule has 0 aliphatic carbocycles. The van der Waals surface area contributed by atoms with Crippen molar-refractivity contribution in [3.63, 3.8) is 0 Å². The topological polar surface area (TPSA) is 63.4 Å². The minimum absolute atomic E-state index is 0.0228. The average molecular weight is 384 g/mol. The Morgan fingerprint density at radius 1 is 1.27 bits per heavy atom. The van der Waals surface area contributed by atoms with E-state index in [0.717, 1.165) is 21.5 Å². The number of hydrogen-bond donors (Lipinski definition) is 0. The summed E-state index contributed by atoms with van der Waals surface area (Å²) in [4.78, 5) is 19.7. The number of aryl methyl sites for hydroxylation is 2. The molecule has 0 spiro atoms. The number of rotatable bonds is 3. The zero-order chi connectivity index (χ0) is 18.3. The Bertz CT molecular complexity index is 1060. The molecule has 132 valence electrons. The van der Waals surface area contributed by atoms with E-state index < -0.39 is 0 Å². The quantitative estimate of drug-likeness (QED) is 0.642. The highest BCUT2D eigenvalue weighted by molar-refractivity contribution is 8.18. The Kier molecular flexibility index (Phi) is 4.37. The van der Waals surface area contributed by atoms with Gasteiger partial charge in [0.25, 0.3) is 5.91 Å². The maximum absolute atomic E-state index is 12.8. The number of nitrogens with zero attached hydrogens (tertiary/aromatic N) is 5. The molecule has 1 fully saturated rings. The van der Waals surface area contributed by atoms with Crippen molar-refractivity contribution in [1.29, 1.82) is 0 Å². The molecule has 4 rings (SSSR count). The van der Waals surface area contributed by atoms with Gasteiger partial charge in [0.05, 0.1) is 4.91 Å². The van der Waals surface area contributed by atoms with E-state index in [2.05, 4.69) is 31.9 Å². The normalized spacial score (nSPS) is 18.0. The van der Waals surface area contributed by atoms with Gasteiger partial charge in [-0.05, 0) is 37.8 Å². The second kappa shape index (κ2) is 6.69. The lowest BCUT2D eigenvalue weighted by Gasteiger charge is -2.10. The minimum atomic E-state index is -0.0228. The first-order valence-electron chi connectivity index (χ1n) is 8.21. The molecular weight excluding hydrogens is 366 g/mol. The summed E-state index contributed by atoms with van der Waals surface area (Å²) in [6.45, 7) is 4.40. The van der Waals surface area contributed by atoms with E-state index in [4.69, 9.17) is 0 Å². The van der Waals surface area contributed by atoms with E-state index in [9.17, 15) is 4.79 Å². The SMILES string of the molecule is CCN1C(=O)/C(=C/c2cn(C)c3ccccc23)S/C1=N/c1nnc(C)s1. The molecule has 0 N–H and O–H groups in total. The Hall–Kier alpha value is -2.45. The Balaban J connectivity index is 1.74. The highest BCUT2D eigenvalue weighted by Crippen LogP contribution is 2.35. The van der Waals surface area contributed by atoms with Crippen molar-refractivity contribution < 1.29 is 4.79 Å². The highest BCUT2D eigenvalue weighted by atomic mass is 32.2. The third-order valence-corrected chi connectivity index (χ3v) is 5.86. The fourth-order valence-corrected chi connectivity index (χ4v) is 4.56. The van der Waals surface area contributed by atoms with Gasteiger partial charge in [-0.2, -0.15) is 4.99 Å². The summed E-state index contributed by atoms with van der Waals surface area (Å²) < 4.78 is 2.07. The molecule has 8 heteroatoms. The number of aromatic nitrogens is 3. The van der Waals surface area contributed by atoms with Crippen molar-refractivity contribution in [2.24, 2.45) is 12.0 Å². The largest absolute Gasteiger partial charge is 0.350 e. The lowest BCUT2D eigenvalue weighted by molar-refractivity contribution is -0.122. The number of likely N-dealkylation sites (N-methyl/N-ethyl adjacent to an activating group) is 1. The molecule has 1 aromatic carbocycles. The van der Waals surface area contributed by atoms with Crippen LogP contribution < -0.4 is 0 Å². The van der Waals surface area contributed by atoms with Crippen LogP contribution in [0, 0.1) is 6.92 Å². The van der Waals surface area contributed by atoms with E-state index in [-0.39, 0.29) is 5.91 Å². The van der Waals surface area contributed by atoms with Crippen LogP contribution in [0.3, 0.4) is 0 Å². The van der Waals surface area contributed by atoms with Gasteiger partial charge in [-0.3, -0.25) is 9.69 Å². The number of aliphatic imine (C=N–C) groups is 1. The molecule has 0 saturated carbocycles. The number of fused-ring (bicyclic) bond motifs is 1. The molecule has 0 bridgehead atoms. The Morgan fingerprint density at radius 2 is 2.08 bits per heavy atom. The zero-order valence-corrected chi connectivity index (χ0v) is 16.3. The maximum atomic E-state index is 12.8. The van der Waals surface area contributed by atoms with Crippen LogP contribution in [0.25, 0.3) is 17.0 Å². The number of hydrogen-bond acceptors (Lipinski definition) is 6. The van der Waals surface area contributed by atoms with E-state index in [0.29, 0.717) is 21.7 Å². The number of amides is 1. The maximum Gasteiger partial charge on any atom is 0.266 e. The molecule has 0 atom stereocenters. The predicted molar refractivity (Wildman–Crippen MR) is 108 cm³/mol. The van der Waals surface area contributed by atoms with Crippen molar-refractivity contribution in [3.05, 3.63) is 45.9 Å². The number of amidine groups is 1. The number of carbonyl (C=O) groups excluding carboxylic acids is 1. The van der Waals surface area contributed by atoms with Gasteiger partial charge >= 0.3 is 0 Å². The monoisotopic (exact) mass is 383 g/mol. The fraction of sp³-hybridized carbons (Fsp3) is 0.222. The lowest BCUT2D eigenvalue weighted by atomic mass is 10.1. The molecule has 1 amide bonds. The molecule has 0 radical (unpaired) electrons. The van der Waals surface area contributed by atoms with Gasteiger partial charge in [0.2, 0.25) is 5.13 Å². The van der Waals surface area contributed by atoms with Gasteiger partial charge in [0.15, 0.2) is 5.17 Å². The molecule has 3 heterocycles. The first-order chi connectivity index (χ1) is 12.6. The van der Waals surface area contributed by atoms with Gasteiger partial charge in [-0.15, -0.1) is 10.2 Å². The van der Waals surface area contributed by atoms with Crippen LogP contribution in [-0.2, 0) is 11.8 Å².